The van der Waals surface area contributed by atoms with Gasteiger partial charge in [-0.25, -0.2) is 0 Å². The van der Waals surface area contributed by atoms with Crippen molar-refractivity contribution in [2.45, 2.75) is 79.8 Å². The van der Waals surface area contributed by atoms with E-state index in [-0.39, 0.29) is 0 Å². The van der Waals surface area contributed by atoms with Crippen LogP contribution in [0.25, 0.3) is 0 Å². The fraction of sp³-hybridized carbons (Fsp3) is 1.00. The van der Waals surface area contributed by atoms with Crippen LogP contribution in [0.15, 0.2) is 0 Å². The molecule has 96 valence electrons. The van der Waals surface area contributed by atoms with Crippen LogP contribution in [0.1, 0.15) is 68.2 Å². The molecular formula is C15H31N. The van der Waals surface area contributed by atoms with Gasteiger partial charge in [-0.1, -0.05) is 34.6 Å². The molecule has 1 rings (SSSR count). The minimum absolute atomic E-state index is 0.297. The molecule has 0 N–H and O–H groups in total. The van der Waals surface area contributed by atoms with Crippen molar-refractivity contribution >= 4 is 0 Å². The van der Waals surface area contributed by atoms with Crippen molar-refractivity contribution in [3.05, 3.63) is 0 Å². The van der Waals surface area contributed by atoms with Gasteiger partial charge in [0.1, 0.15) is 0 Å². The smallest absolute Gasteiger partial charge is 0.0203 e. The third-order valence-corrected chi connectivity index (χ3v) is 4.39. The van der Waals surface area contributed by atoms with Gasteiger partial charge in [-0.3, -0.25) is 4.90 Å². The molecule has 0 spiro atoms. The first-order valence-corrected chi connectivity index (χ1v) is 6.79. The summed E-state index contributed by atoms with van der Waals surface area (Å²) in [5, 5.41) is 0. The number of hydrogen-bond acceptors (Lipinski definition) is 1. The molecule has 1 nitrogen and oxygen atoms in total. The Labute approximate surface area is 103 Å². The molecule has 0 aromatic rings. The molecule has 1 heterocycles. The fourth-order valence-electron chi connectivity index (χ4n) is 3.62. The summed E-state index contributed by atoms with van der Waals surface area (Å²) in [5.74, 6) is 0. The lowest BCUT2D eigenvalue weighted by molar-refractivity contribution is 0.00810. The first-order chi connectivity index (χ1) is 7.02. The van der Waals surface area contributed by atoms with Crippen molar-refractivity contribution in [1.82, 2.24) is 4.90 Å². The second-order valence-electron chi connectivity index (χ2n) is 7.89. The zero-order valence-corrected chi connectivity index (χ0v) is 12.6. The molecule has 1 fully saturated rings. The second-order valence-corrected chi connectivity index (χ2v) is 7.89. The van der Waals surface area contributed by atoms with Gasteiger partial charge < -0.3 is 0 Å². The van der Waals surface area contributed by atoms with Crippen molar-refractivity contribution in [2.75, 3.05) is 6.54 Å². The molecule has 2 unspecified atom stereocenters. The Bertz CT molecular complexity index is 243. The average molecular weight is 225 g/mol. The number of nitrogens with zero attached hydrogens (tertiary/aromatic N) is 1. The topological polar surface area (TPSA) is 3.24 Å². The fourth-order valence-corrected chi connectivity index (χ4v) is 3.62. The van der Waals surface area contributed by atoms with E-state index in [1.54, 1.807) is 0 Å². The van der Waals surface area contributed by atoms with Crippen LogP contribution in [0.2, 0.25) is 0 Å². The lowest BCUT2D eigenvalue weighted by atomic mass is 9.68. The number of likely N-dealkylation sites (tertiary alicyclic amines) is 1. The quantitative estimate of drug-likeness (QED) is 0.642. The van der Waals surface area contributed by atoms with E-state index >= 15 is 0 Å². The third kappa shape index (κ3) is 2.45. The lowest BCUT2D eigenvalue weighted by Gasteiger charge is -2.48. The minimum atomic E-state index is 0.297. The third-order valence-electron chi connectivity index (χ3n) is 4.39. The first-order valence-electron chi connectivity index (χ1n) is 6.79. The highest BCUT2D eigenvalue weighted by molar-refractivity contribution is 5.04. The molecule has 0 amide bonds. The maximum atomic E-state index is 2.73. The molecule has 1 aliphatic heterocycles. The van der Waals surface area contributed by atoms with E-state index in [4.69, 9.17) is 0 Å². The zero-order chi connectivity index (χ0) is 12.8. The molecule has 0 aromatic carbocycles. The van der Waals surface area contributed by atoms with E-state index in [1.165, 1.54) is 19.4 Å². The van der Waals surface area contributed by atoms with Crippen molar-refractivity contribution < 1.29 is 0 Å². The van der Waals surface area contributed by atoms with Gasteiger partial charge in [0.2, 0.25) is 0 Å². The SMILES string of the molecule is CCC1(C)CCN(C(C)(C)C)C1C(C)(C)C. The van der Waals surface area contributed by atoms with E-state index in [1.807, 2.05) is 0 Å². The maximum absolute atomic E-state index is 2.73. The molecule has 0 aliphatic carbocycles. The molecule has 1 saturated heterocycles. The summed E-state index contributed by atoms with van der Waals surface area (Å²) in [4.78, 5) is 2.73. The normalized spacial score (nSPS) is 33.4. The molecule has 1 aliphatic rings. The monoisotopic (exact) mass is 225 g/mol. The summed E-state index contributed by atoms with van der Waals surface area (Å²) in [6.07, 6.45) is 2.64. The average Bonchev–Trinajstić information content (AvgIpc) is 2.42. The summed E-state index contributed by atoms with van der Waals surface area (Å²) in [6.45, 7) is 20.4. The zero-order valence-electron chi connectivity index (χ0n) is 12.6. The molecule has 1 heteroatoms. The molecule has 0 saturated carbocycles. The van der Waals surface area contributed by atoms with Crippen molar-refractivity contribution in [2.24, 2.45) is 10.8 Å². The molecule has 0 bridgehead atoms. The Morgan fingerprint density at radius 3 is 1.94 bits per heavy atom. The van der Waals surface area contributed by atoms with Gasteiger partial charge in [0.05, 0.1) is 0 Å². The van der Waals surface area contributed by atoms with Crippen LogP contribution in [-0.4, -0.2) is 23.0 Å². The second kappa shape index (κ2) is 4.01. The summed E-state index contributed by atoms with van der Waals surface area (Å²) >= 11 is 0. The van der Waals surface area contributed by atoms with Crippen LogP contribution in [0.5, 0.6) is 0 Å². The Kier molecular flexibility index (Phi) is 3.52. The molecule has 0 radical (unpaired) electrons. The van der Waals surface area contributed by atoms with Crippen LogP contribution >= 0.6 is 0 Å². The summed E-state index contributed by atoms with van der Waals surface area (Å²) < 4.78 is 0. The van der Waals surface area contributed by atoms with Gasteiger partial charge in [0.15, 0.2) is 0 Å². The van der Waals surface area contributed by atoms with Gasteiger partial charge in [0, 0.05) is 11.6 Å². The maximum Gasteiger partial charge on any atom is 0.0203 e. The highest BCUT2D eigenvalue weighted by Gasteiger charge is 2.50. The van der Waals surface area contributed by atoms with Crippen molar-refractivity contribution in [3.63, 3.8) is 0 Å². The predicted octanol–water partition coefficient (Wildman–Crippen LogP) is 4.32. The standard InChI is InChI=1S/C15H31N/c1-9-15(8)10-11-16(14(5,6)7)12(15)13(2,3)4/h12H,9-11H2,1-8H3. The van der Waals surface area contributed by atoms with Gasteiger partial charge >= 0.3 is 0 Å². The van der Waals surface area contributed by atoms with Gasteiger partial charge in [-0.15, -0.1) is 0 Å². The van der Waals surface area contributed by atoms with E-state index in [9.17, 15) is 0 Å². The van der Waals surface area contributed by atoms with E-state index in [0.29, 0.717) is 22.4 Å². The largest absolute Gasteiger partial charge is 0.294 e. The van der Waals surface area contributed by atoms with Crippen LogP contribution < -0.4 is 0 Å². The Balaban J connectivity index is 3.08. The Hall–Kier alpha value is -0.0400. The van der Waals surface area contributed by atoms with E-state index < -0.39 is 0 Å². The van der Waals surface area contributed by atoms with Gasteiger partial charge in [-0.05, 0) is 51.0 Å². The molecular weight excluding hydrogens is 194 g/mol. The van der Waals surface area contributed by atoms with Crippen LogP contribution in [0.3, 0.4) is 0 Å². The van der Waals surface area contributed by atoms with E-state index in [2.05, 4.69) is 60.3 Å². The summed E-state index contributed by atoms with van der Waals surface area (Å²) in [7, 11) is 0. The molecule has 0 aromatic heterocycles. The minimum Gasteiger partial charge on any atom is -0.294 e. The van der Waals surface area contributed by atoms with E-state index in [0.717, 1.165) is 0 Å². The van der Waals surface area contributed by atoms with Crippen molar-refractivity contribution in [3.8, 4) is 0 Å². The van der Waals surface area contributed by atoms with Gasteiger partial charge in [-0.2, -0.15) is 0 Å². The molecule has 2 atom stereocenters. The predicted molar refractivity (Wildman–Crippen MR) is 72.7 cm³/mol. The first kappa shape index (κ1) is 14.0. The summed E-state index contributed by atoms with van der Waals surface area (Å²) in [5.41, 5.74) is 1.16. The van der Waals surface area contributed by atoms with Crippen LogP contribution in [0.4, 0.5) is 0 Å². The Morgan fingerprint density at radius 2 is 1.62 bits per heavy atom. The highest BCUT2D eigenvalue weighted by atomic mass is 15.3. The van der Waals surface area contributed by atoms with Crippen molar-refractivity contribution in [1.29, 1.82) is 0 Å². The number of hydrogen-bond donors (Lipinski definition) is 0. The number of rotatable bonds is 1. The molecule has 16 heavy (non-hydrogen) atoms. The Morgan fingerprint density at radius 1 is 1.12 bits per heavy atom. The summed E-state index contributed by atoms with van der Waals surface area (Å²) in [6, 6.07) is 0.699. The van der Waals surface area contributed by atoms with Crippen LogP contribution in [0, 0.1) is 10.8 Å². The highest BCUT2D eigenvalue weighted by Crippen LogP contribution is 2.49. The lowest BCUT2D eigenvalue weighted by Crippen LogP contribution is -2.54. The van der Waals surface area contributed by atoms with Gasteiger partial charge in [0.25, 0.3) is 0 Å². The van der Waals surface area contributed by atoms with Crippen LogP contribution in [-0.2, 0) is 0 Å².